The fourth-order valence-electron chi connectivity index (χ4n) is 1.97. The molecule has 0 fully saturated rings. The quantitative estimate of drug-likeness (QED) is 0.748. The van der Waals surface area contributed by atoms with Crippen LogP contribution in [0.1, 0.15) is 33.5 Å². The van der Waals surface area contributed by atoms with Crippen LogP contribution in [0.2, 0.25) is 0 Å². The maximum absolute atomic E-state index is 11.4. The minimum absolute atomic E-state index is 0.147. The minimum atomic E-state index is -0.431. The van der Waals surface area contributed by atoms with Crippen LogP contribution in [0.3, 0.4) is 0 Å². The first-order valence-corrected chi connectivity index (χ1v) is 5.87. The first-order chi connectivity index (χ1) is 7.13. The van der Waals surface area contributed by atoms with Crippen LogP contribution in [0.25, 0.3) is 0 Å². The monoisotopic (exact) mass is 226 g/mol. The predicted molar refractivity (Wildman–Crippen MR) is 58.5 cm³/mol. The lowest BCUT2D eigenvalue weighted by atomic mass is 9.89. The number of hydrogen-bond donors (Lipinski definition) is 1. The van der Waals surface area contributed by atoms with Crippen molar-refractivity contribution in [3.63, 3.8) is 0 Å². The number of fused-ring (bicyclic) bond motifs is 1. The number of ether oxygens (including phenoxy) is 1. The third-order valence-corrected chi connectivity index (χ3v) is 4.11. The van der Waals surface area contributed by atoms with Crippen LogP contribution < -0.4 is 0 Å². The van der Waals surface area contributed by atoms with Crippen molar-refractivity contribution in [2.24, 2.45) is 5.92 Å². The second kappa shape index (κ2) is 3.85. The Hall–Kier alpha value is -1.03. The summed E-state index contributed by atoms with van der Waals surface area (Å²) >= 11 is 1.37. The van der Waals surface area contributed by atoms with Gasteiger partial charge in [-0.3, -0.25) is 0 Å². The molecule has 1 atom stereocenters. The van der Waals surface area contributed by atoms with Gasteiger partial charge in [0.1, 0.15) is 5.75 Å². The molecule has 0 saturated heterocycles. The molecule has 1 aliphatic carbocycles. The fraction of sp³-hybridized carbons (Fsp3) is 0.545. The Morgan fingerprint density at radius 3 is 3.00 bits per heavy atom. The lowest BCUT2D eigenvalue weighted by Gasteiger charge is -2.17. The third-order valence-electron chi connectivity index (χ3n) is 2.85. The third kappa shape index (κ3) is 1.74. The lowest BCUT2D eigenvalue weighted by Crippen LogP contribution is -2.08. The Kier molecular flexibility index (Phi) is 2.69. The van der Waals surface area contributed by atoms with E-state index in [0.29, 0.717) is 10.8 Å². The van der Waals surface area contributed by atoms with Gasteiger partial charge in [0.05, 0.1) is 7.11 Å². The van der Waals surface area contributed by atoms with E-state index in [-0.39, 0.29) is 5.75 Å². The van der Waals surface area contributed by atoms with Gasteiger partial charge < -0.3 is 9.84 Å². The molecule has 1 aromatic rings. The second-order valence-corrected chi connectivity index (χ2v) is 5.13. The summed E-state index contributed by atoms with van der Waals surface area (Å²) in [5.41, 5.74) is 0.958. The molecule has 15 heavy (non-hydrogen) atoms. The van der Waals surface area contributed by atoms with Crippen molar-refractivity contribution >= 4 is 17.3 Å². The number of thiophene rings is 1. The molecule has 1 aliphatic rings. The normalized spacial score (nSPS) is 19.7. The molecule has 1 aromatic heterocycles. The van der Waals surface area contributed by atoms with Crippen LogP contribution >= 0.6 is 11.3 Å². The van der Waals surface area contributed by atoms with E-state index in [1.807, 2.05) is 0 Å². The topological polar surface area (TPSA) is 46.5 Å². The molecule has 0 aromatic carbocycles. The molecule has 0 spiro atoms. The predicted octanol–water partition coefficient (Wildman–Crippen LogP) is 2.37. The van der Waals surface area contributed by atoms with E-state index in [2.05, 4.69) is 11.7 Å². The minimum Gasteiger partial charge on any atom is -0.506 e. The van der Waals surface area contributed by atoms with Gasteiger partial charge in [0, 0.05) is 10.4 Å². The number of carbonyl (C=O) groups excluding carboxylic acids is 1. The van der Waals surface area contributed by atoms with E-state index in [0.717, 1.165) is 29.7 Å². The molecule has 0 bridgehead atoms. The zero-order valence-electron chi connectivity index (χ0n) is 8.87. The van der Waals surface area contributed by atoms with Crippen molar-refractivity contribution in [2.75, 3.05) is 7.11 Å². The van der Waals surface area contributed by atoms with Crippen molar-refractivity contribution in [3.8, 4) is 5.75 Å². The summed E-state index contributed by atoms with van der Waals surface area (Å²) in [6.45, 7) is 2.16. The highest BCUT2D eigenvalue weighted by Crippen LogP contribution is 2.40. The van der Waals surface area contributed by atoms with Gasteiger partial charge in [0.15, 0.2) is 4.88 Å². The Morgan fingerprint density at radius 2 is 2.33 bits per heavy atom. The van der Waals surface area contributed by atoms with Gasteiger partial charge in [-0.1, -0.05) is 6.92 Å². The molecule has 4 heteroatoms. The molecule has 0 amide bonds. The van der Waals surface area contributed by atoms with E-state index in [1.165, 1.54) is 18.4 Å². The molecule has 1 heterocycles. The molecule has 0 aliphatic heterocycles. The van der Waals surface area contributed by atoms with E-state index >= 15 is 0 Å². The van der Waals surface area contributed by atoms with Crippen molar-refractivity contribution in [2.45, 2.75) is 26.2 Å². The number of methoxy groups -OCH3 is 1. The molecule has 82 valence electrons. The Morgan fingerprint density at radius 1 is 1.60 bits per heavy atom. The molecular formula is C11H14O3S. The Balaban J connectivity index is 2.41. The summed E-state index contributed by atoms with van der Waals surface area (Å²) < 4.78 is 4.63. The van der Waals surface area contributed by atoms with E-state index < -0.39 is 5.97 Å². The number of carbonyl (C=O) groups is 1. The van der Waals surface area contributed by atoms with Gasteiger partial charge in [-0.05, 0) is 25.2 Å². The highest BCUT2D eigenvalue weighted by Gasteiger charge is 2.26. The summed E-state index contributed by atoms with van der Waals surface area (Å²) in [6.07, 6.45) is 2.97. The molecule has 1 unspecified atom stereocenters. The van der Waals surface area contributed by atoms with Crippen LogP contribution in [0.15, 0.2) is 0 Å². The lowest BCUT2D eigenvalue weighted by molar-refractivity contribution is 0.0603. The van der Waals surface area contributed by atoms with Crippen LogP contribution in [0.4, 0.5) is 0 Å². The molecule has 1 N–H and O–H groups in total. The van der Waals surface area contributed by atoms with Crippen LogP contribution in [-0.2, 0) is 17.6 Å². The molecule has 0 saturated carbocycles. The van der Waals surface area contributed by atoms with Crippen molar-refractivity contribution in [1.29, 1.82) is 0 Å². The molecule has 3 nitrogen and oxygen atoms in total. The number of rotatable bonds is 1. The molecule has 0 radical (unpaired) electrons. The number of aromatic hydroxyl groups is 1. The highest BCUT2D eigenvalue weighted by atomic mass is 32.1. The van der Waals surface area contributed by atoms with E-state index in [4.69, 9.17) is 0 Å². The van der Waals surface area contributed by atoms with E-state index in [1.54, 1.807) is 0 Å². The maximum atomic E-state index is 11.4. The summed E-state index contributed by atoms with van der Waals surface area (Å²) in [5, 5.41) is 9.90. The van der Waals surface area contributed by atoms with Gasteiger partial charge >= 0.3 is 5.97 Å². The SMILES string of the molecule is COC(=O)c1sc2c(c1O)CC(C)CC2. The molecule has 2 rings (SSSR count). The van der Waals surface area contributed by atoms with Crippen molar-refractivity contribution in [3.05, 3.63) is 15.3 Å². The Labute approximate surface area is 92.7 Å². The number of esters is 1. The number of hydrogen-bond acceptors (Lipinski definition) is 4. The van der Waals surface area contributed by atoms with Crippen LogP contribution in [0, 0.1) is 5.92 Å². The van der Waals surface area contributed by atoms with Crippen molar-refractivity contribution in [1.82, 2.24) is 0 Å². The average molecular weight is 226 g/mol. The average Bonchev–Trinajstić information content (AvgIpc) is 2.55. The van der Waals surface area contributed by atoms with Gasteiger partial charge in [-0.25, -0.2) is 4.79 Å². The summed E-state index contributed by atoms with van der Waals surface area (Å²) in [6, 6.07) is 0. The van der Waals surface area contributed by atoms with E-state index in [9.17, 15) is 9.90 Å². The van der Waals surface area contributed by atoms with Gasteiger partial charge in [-0.2, -0.15) is 0 Å². The largest absolute Gasteiger partial charge is 0.506 e. The van der Waals surface area contributed by atoms with Gasteiger partial charge in [0.2, 0.25) is 0 Å². The first-order valence-electron chi connectivity index (χ1n) is 5.05. The molecular weight excluding hydrogens is 212 g/mol. The maximum Gasteiger partial charge on any atom is 0.351 e. The number of aryl methyl sites for hydroxylation is 1. The van der Waals surface area contributed by atoms with Gasteiger partial charge in [-0.15, -0.1) is 11.3 Å². The highest BCUT2D eigenvalue weighted by molar-refractivity contribution is 7.14. The van der Waals surface area contributed by atoms with Gasteiger partial charge in [0.25, 0.3) is 0 Å². The first kappa shape index (κ1) is 10.5. The summed E-state index contributed by atoms with van der Waals surface area (Å²) in [4.78, 5) is 12.9. The van der Waals surface area contributed by atoms with Crippen LogP contribution in [0.5, 0.6) is 5.75 Å². The van der Waals surface area contributed by atoms with Crippen LogP contribution in [-0.4, -0.2) is 18.2 Å². The smallest absolute Gasteiger partial charge is 0.351 e. The van der Waals surface area contributed by atoms with Crippen molar-refractivity contribution < 1.29 is 14.6 Å². The zero-order chi connectivity index (χ0) is 11.0. The summed E-state index contributed by atoms with van der Waals surface area (Å²) in [5.74, 6) is 0.302. The summed E-state index contributed by atoms with van der Waals surface area (Å²) in [7, 11) is 1.34. The zero-order valence-corrected chi connectivity index (χ0v) is 9.69. The fourth-order valence-corrected chi connectivity index (χ4v) is 3.13. The second-order valence-electron chi connectivity index (χ2n) is 4.02. The standard InChI is InChI=1S/C11H14O3S/c1-6-3-4-8-7(5-6)9(12)10(15-8)11(13)14-2/h6,12H,3-5H2,1-2H3. The Bertz CT molecular complexity index is 395.